The molecule has 0 bridgehead atoms. The summed E-state index contributed by atoms with van der Waals surface area (Å²) in [6.45, 7) is 0. The van der Waals surface area contributed by atoms with E-state index in [1.807, 2.05) is 30.7 Å². The van der Waals surface area contributed by atoms with Gasteiger partial charge in [-0.2, -0.15) is 0 Å². The van der Waals surface area contributed by atoms with E-state index in [4.69, 9.17) is 9.97 Å². The maximum absolute atomic E-state index is 5.18. The van der Waals surface area contributed by atoms with Gasteiger partial charge in [0.1, 0.15) is 5.65 Å². The van der Waals surface area contributed by atoms with E-state index in [2.05, 4.69) is 64.0 Å². The third-order valence-corrected chi connectivity index (χ3v) is 7.92. The van der Waals surface area contributed by atoms with Crippen molar-refractivity contribution < 1.29 is 0 Å². The zero-order valence-corrected chi connectivity index (χ0v) is 18.8. The van der Waals surface area contributed by atoms with Crippen molar-refractivity contribution in [1.29, 1.82) is 0 Å². The zero-order valence-electron chi connectivity index (χ0n) is 18.8. The van der Waals surface area contributed by atoms with E-state index in [1.165, 1.54) is 44.5 Å². The molecular formula is C31H18N4. The van der Waals surface area contributed by atoms with Gasteiger partial charge in [0.25, 0.3) is 0 Å². The summed E-state index contributed by atoms with van der Waals surface area (Å²) in [5, 5.41) is 2.12. The summed E-state index contributed by atoms with van der Waals surface area (Å²) in [4.78, 5) is 14.3. The number of benzene rings is 3. The van der Waals surface area contributed by atoms with Crippen LogP contribution in [0.2, 0.25) is 0 Å². The standard InChI is InChI=1S/C31H18N4/c1-2-5-21-17(4-1)12-18-7-8-19-13-20-14-27-25(15-23(20)29(19)28(18)21)34-31-24-16-32-11-9-22(24)30-26(35(27)31)6-3-10-33-30/h1-11,14-16H,12-13H2. The summed E-state index contributed by atoms with van der Waals surface area (Å²) in [5.74, 6) is 0. The molecule has 0 atom stereocenters. The van der Waals surface area contributed by atoms with Gasteiger partial charge in [0, 0.05) is 29.4 Å². The van der Waals surface area contributed by atoms with Crippen LogP contribution in [-0.4, -0.2) is 19.4 Å². The Morgan fingerprint density at radius 1 is 0.657 bits per heavy atom. The highest BCUT2D eigenvalue weighted by Crippen LogP contribution is 2.50. The number of imidazole rings is 1. The Morgan fingerprint density at radius 2 is 1.51 bits per heavy atom. The molecule has 0 saturated heterocycles. The minimum Gasteiger partial charge on any atom is -0.290 e. The number of hydrogen-bond donors (Lipinski definition) is 0. The first kappa shape index (κ1) is 17.8. The monoisotopic (exact) mass is 446 g/mol. The number of fused-ring (bicyclic) bond motifs is 15. The van der Waals surface area contributed by atoms with Gasteiger partial charge in [-0.25, -0.2) is 4.98 Å². The van der Waals surface area contributed by atoms with Gasteiger partial charge in [0.2, 0.25) is 0 Å². The molecule has 0 fully saturated rings. The third-order valence-electron chi connectivity index (χ3n) is 7.92. The van der Waals surface area contributed by atoms with Crippen LogP contribution in [0.15, 0.2) is 85.3 Å². The second kappa shape index (κ2) is 6.10. The van der Waals surface area contributed by atoms with Gasteiger partial charge in [-0.05, 0) is 87.7 Å². The molecule has 4 heterocycles. The Kier molecular flexibility index (Phi) is 3.11. The lowest BCUT2D eigenvalue weighted by Gasteiger charge is -2.10. The molecule has 0 spiro atoms. The first-order chi connectivity index (χ1) is 17.3. The Labute approximate surface area is 200 Å². The quantitative estimate of drug-likeness (QED) is 0.243. The summed E-state index contributed by atoms with van der Waals surface area (Å²) in [7, 11) is 0. The summed E-state index contributed by atoms with van der Waals surface area (Å²) in [6, 6.07) is 24.4. The van der Waals surface area contributed by atoms with Gasteiger partial charge in [0.05, 0.1) is 22.1 Å². The van der Waals surface area contributed by atoms with Crippen molar-refractivity contribution in [2.45, 2.75) is 12.8 Å². The first-order valence-corrected chi connectivity index (χ1v) is 12.0. The molecule has 4 aromatic heterocycles. The first-order valence-electron chi connectivity index (χ1n) is 12.0. The zero-order chi connectivity index (χ0) is 22.7. The second-order valence-corrected chi connectivity index (χ2v) is 9.71. The summed E-state index contributed by atoms with van der Waals surface area (Å²) >= 11 is 0. The Balaban J connectivity index is 1.41. The molecule has 2 aliphatic rings. The van der Waals surface area contributed by atoms with Crippen LogP contribution in [0.25, 0.3) is 60.7 Å². The highest BCUT2D eigenvalue weighted by Gasteiger charge is 2.29. The maximum atomic E-state index is 5.18. The summed E-state index contributed by atoms with van der Waals surface area (Å²) < 4.78 is 2.27. The van der Waals surface area contributed by atoms with E-state index >= 15 is 0 Å². The molecule has 0 radical (unpaired) electrons. The lowest BCUT2D eigenvalue weighted by Crippen LogP contribution is -1.93. The van der Waals surface area contributed by atoms with Crippen LogP contribution in [-0.2, 0) is 12.8 Å². The topological polar surface area (TPSA) is 43.1 Å². The molecule has 3 aromatic carbocycles. The Morgan fingerprint density at radius 3 is 2.46 bits per heavy atom. The van der Waals surface area contributed by atoms with Crippen molar-refractivity contribution in [3.05, 3.63) is 108 Å². The molecule has 0 unspecified atom stereocenters. The molecule has 35 heavy (non-hydrogen) atoms. The Hall–Kier alpha value is -4.57. The number of nitrogens with zero attached hydrogens (tertiary/aromatic N) is 4. The molecule has 2 aliphatic carbocycles. The second-order valence-electron chi connectivity index (χ2n) is 9.71. The van der Waals surface area contributed by atoms with Gasteiger partial charge in [-0.15, -0.1) is 0 Å². The largest absolute Gasteiger partial charge is 0.290 e. The van der Waals surface area contributed by atoms with Gasteiger partial charge >= 0.3 is 0 Å². The lowest BCUT2D eigenvalue weighted by atomic mass is 9.94. The molecule has 162 valence electrons. The van der Waals surface area contributed by atoms with Crippen molar-refractivity contribution in [1.82, 2.24) is 19.4 Å². The van der Waals surface area contributed by atoms with Crippen LogP contribution in [0, 0.1) is 0 Å². The average molecular weight is 447 g/mol. The molecule has 0 N–H and O–H groups in total. The fourth-order valence-electron chi connectivity index (χ4n) is 6.46. The average Bonchev–Trinajstić information content (AvgIpc) is 3.58. The fourth-order valence-corrected chi connectivity index (χ4v) is 6.46. The molecule has 0 aliphatic heterocycles. The normalized spacial score (nSPS) is 13.5. The molecule has 0 amide bonds. The van der Waals surface area contributed by atoms with Crippen LogP contribution >= 0.6 is 0 Å². The number of rotatable bonds is 0. The maximum Gasteiger partial charge on any atom is 0.148 e. The van der Waals surface area contributed by atoms with Crippen molar-refractivity contribution in [3.63, 3.8) is 0 Å². The fraction of sp³-hybridized carbons (Fsp3) is 0.0645. The summed E-state index contributed by atoms with van der Waals surface area (Å²) in [5.41, 5.74) is 16.3. The van der Waals surface area contributed by atoms with Crippen molar-refractivity contribution in [2.24, 2.45) is 0 Å². The van der Waals surface area contributed by atoms with Crippen LogP contribution in [0.5, 0.6) is 0 Å². The smallest absolute Gasteiger partial charge is 0.148 e. The molecule has 7 aromatic rings. The predicted molar refractivity (Wildman–Crippen MR) is 140 cm³/mol. The minimum atomic E-state index is 0.941. The third kappa shape index (κ3) is 2.15. The highest BCUT2D eigenvalue weighted by molar-refractivity contribution is 6.12. The predicted octanol–water partition coefficient (Wildman–Crippen LogP) is 6.73. The van der Waals surface area contributed by atoms with Gasteiger partial charge in [-0.3, -0.25) is 14.4 Å². The molecule has 4 heteroatoms. The lowest BCUT2D eigenvalue weighted by molar-refractivity contribution is 1.23. The SMILES string of the molecule is c1ccc2c(c1)Cc1ccc3c(c1-2)-c1cc2nc4c5cnccc5c5ncccc5n4c2cc1C3. The number of hydrogen-bond acceptors (Lipinski definition) is 3. The Bertz CT molecular complexity index is 2070. The van der Waals surface area contributed by atoms with E-state index < -0.39 is 0 Å². The number of aromatic nitrogens is 4. The van der Waals surface area contributed by atoms with Crippen LogP contribution < -0.4 is 0 Å². The molecular weight excluding hydrogens is 428 g/mol. The van der Waals surface area contributed by atoms with Crippen molar-refractivity contribution in [2.75, 3.05) is 0 Å². The van der Waals surface area contributed by atoms with E-state index in [9.17, 15) is 0 Å². The molecule has 0 saturated carbocycles. The summed E-state index contributed by atoms with van der Waals surface area (Å²) in [6.07, 6.45) is 7.58. The van der Waals surface area contributed by atoms with Crippen molar-refractivity contribution >= 4 is 38.5 Å². The van der Waals surface area contributed by atoms with Crippen molar-refractivity contribution in [3.8, 4) is 22.3 Å². The van der Waals surface area contributed by atoms with Crippen LogP contribution in [0.3, 0.4) is 0 Å². The number of pyridine rings is 3. The molecule has 9 rings (SSSR count). The highest BCUT2D eigenvalue weighted by atomic mass is 15.0. The molecule has 4 nitrogen and oxygen atoms in total. The van der Waals surface area contributed by atoms with Gasteiger partial charge < -0.3 is 0 Å². The van der Waals surface area contributed by atoms with E-state index in [1.54, 1.807) is 0 Å². The van der Waals surface area contributed by atoms with E-state index in [-0.39, 0.29) is 0 Å². The van der Waals surface area contributed by atoms with E-state index in [0.29, 0.717) is 0 Å². The minimum absolute atomic E-state index is 0.941. The van der Waals surface area contributed by atoms with E-state index in [0.717, 1.165) is 51.3 Å². The van der Waals surface area contributed by atoms with Gasteiger partial charge in [0.15, 0.2) is 0 Å². The van der Waals surface area contributed by atoms with Crippen LogP contribution in [0.1, 0.15) is 22.3 Å². The van der Waals surface area contributed by atoms with Gasteiger partial charge in [-0.1, -0.05) is 36.4 Å². The van der Waals surface area contributed by atoms with Crippen LogP contribution in [0.4, 0.5) is 0 Å².